The van der Waals surface area contributed by atoms with E-state index in [4.69, 9.17) is 9.47 Å². The van der Waals surface area contributed by atoms with E-state index in [0.29, 0.717) is 12.8 Å². The molecule has 1 aromatic heterocycles. The number of allylic oxidation sites excluding steroid dienone is 4. The van der Waals surface area contributed by atoms with Crippen LogP contribution in [-0.4, -0.2) is 32.0 Å². The zero-order valence-corrected chi connectivity index (χ0v) is 16.1. The third-order valence-corrected chi connectivity index (χ3v) is 4.18. The minimum atomic E-state index is -1.26. The van der Waals surface area contributed by atoms with E-state index < -0.39 is 34.9 Å². The second-order valence-electron chi connectivity index (χ2n) is 6.43. The Hall–Kier alpha value is -3.36. The van der Waals surface area contributed by atoms with Crippen LogP contribution in [0, 0.1) is 0 Å². The highest BCUT2D eigenvalue weighted by atomic mass is 16.7. The minimum Gasteiger partial charge on any atom is -0.494 e. The van der Waals surface area contributed by atoms with Gasteiger partial charge in [-0.3, -0.25) is 13.9 Å². The molecule has 1 saturated heterocycles. The molecule has 1 fully saturated rings. The second-order valence-corrected chi connectivity index (χ2v) is 6.43. The van der Waals surface area contributed by atoms with Crippen molar-refractivity contribution in [2.45, 2.75) is 32.5 Å². The molecular weight excluding hydrogens is 368 g/mol. The van der Waals surface area contributed by atoms with Gasteiger partial charge in [0.05, 0.1) is 0 Å². The maximum Gasteiger partial charge on any atom is 0.348 e. The Bertz CT molecular complexity index is 988. The lowest BCUT2D eigenvalue weighted by Gasteiger charge is -2.32. The van der Waals surface area contributed by atoms with Crippen LogP contribution in [0.2, 0.25) is 0 Å². The highest BCUT2D eigenvalue weighted by Gasteiger charge is 2.41. The quantitative estimate of drug-likeness (QED) is 0.344. The molecule has 0 radical (unpaired) electrons. The molecule has 0 unspecified atom stereocenters. The van der Waals surface area contributed by atoms with Crippen molar-refractivity contribution in [2.75, 3.05) is 0 Å². The van der Waals surface area contributed by atoms with Gasteiger partial charge in [0.1, 0.15) is 11.1 Å². The van der Waals surface area contributed by atoms with Crippen molar-refractivity contribution in [3.8, 4) is 5.88 Å². The minimum absolute atomic E-state index is 0.0753. The number of aromatic hydroxyl groups is 1. The fourth-order valence-electron chi connectivity index (χ4n) is 2.67. The second kappa shape index (κ2) is 8.12. The van der Waals surface area contributed by atoms with Gasteiger partial charge in [0, 0.05) is 27.4 Å². The summed E-state index contributed by atoms with van der Waals surface area (Å²) in [5.41, 5.74) is -1.63. The summed E-state index contributed by atoms with van der Waals surface area (Å²) in [5, 5.41) is 9.95. The van der Waals surface area contributed by atoms with Crippen molar-refractivity contribution in [1.82, 2.24) is 9.13 Å². The lowest BCUT2D eigenvalue weighted by atomic mass is 10.1. The molecule has 0 atom stereocenters. The molecule has 150 valence electrons. The number of carbonyl (C=O) groups is 2. The molecule has 2 heterocycles. The van der Waals surface area contributed by atoms with Crippen LogP contribution >= 0.6 is 0 Å². The Morgan fingerprint density at radius 1 is 1.00 bits per heavy atom. The monoisotopic (exact) mass is 390 g/mol. The van der Waals surface area contributed by atoms with Gasteiger partial charge in [-0.1, -0.05) is 25.2 Å². The Morgan fingerprint density at radius 2 is 1.61 bits per heavy atom. The van der Waals surface area contributed by atoms with Crippen LogP contribution < -0.4 is 11.2 Å². The van der Waals surface area contributed by atoms with Crippen LogP contribution in [0.5, 0.6) is 5.88 Å². The molecule has 1 N–H and O–H groups in total. The molecule has 0 bridgehead atoms. The summed E-state index contributed by atoms with van der Waals surface area (Å²) in [6, 6.07) is 0. The van der Waals surface area contributed by atoms with Gasteiger partial charge in [0.2, 0.25) is 5.88 Å². The molecule has 2 rings (SSSR count). The third-order valence-electron chi connectivity index (χ3n) is 4.18. The Balaban J connectivity index is 2.19. The van der Waals surface area contributed by atoms with Gasteiger partial charge in [0.15, 0.2) is 0 Å². The topological polar surface area (TPSA) is 117 Å². The standard InChI is InChI=1S/C19H22N2O7/c1-5-11-19(2)27-16(24)13(17(25)28-19)10-8-6-7-9-12-14(22)20(3)18(26)21(4)15(12)23/h6-10,22H,5,11H2,1-4H3/b8-6+,9-7+,13-10?. The van der Waals surface area contributed by atoms with Crippen LogP contribution in [0.3, 0.4) is 0 Å². The summed E-state index contributed by atoms with van der Waals surface area (Å²) in [7, 11) is 2.63. The van der Waals surface area contributed by atoms with Crippen molar-refractivity contribution in [2.24, 2.45) is 14.1 Å². The van der Waals surface area contributed by atoms with E-state index in [1.807, 2.05) is 6.92 Å². The normalized spacial score (nSPS) is 19.9. The van der Waals surface area contributed by atoms with Gasteiger partial charge < -0.3 is 14.6 Å². The molecule has 0 aromatic carbocycles. The van der Waals surface area contributed by atoms with Crippen molar-refractivity contribution in [3.63, 3.8) is 0 Å². The van der Waals surface area contributed by atoms with E-state index in [1.165, 1.54) is 51.4 Å². The molecular formula is C19H22N2O7. The fourth-order valence-corrected chi connectivity index (χ4v) is 2.67. The zero-order chi connectivity index (χ0) is 21.1. The van der Waals surface area contributed by atoms with E-state index in [2.05, 4.69) is 0 Å². The first-order valence-corrected chi connectivity index (χ1v) is 8.62. The Morgan fingerprint density at radius 3 is 2.18 bits per heavy atom. The zero-order valence-electron chi connectivity index (χ0n) is 16.1. The van der Waals surface area contributed by atoms with E-state index in [9.17, 15) is 24.3 Å². The predicted molar refractivity (Wildman–Crippen MR) is 100 cm³/mol. The van der Waals surface area contributed by atoms with Gasteiger partial charge >= 0.3 is 17.6 Å². The number of aromatic nitrogens is 2. The molecule has 0 saturated carbocycles. The molecule has 1 aromatic rings. The van der Waals surface area contributed by atoms with Crippen LogP contribution in [-0.2, 0) is 33.2 Å². The van der Waals surface area contributed by atoms with Crippen LogP contribution in [0.25, 0.3) is 6.08 Å². The van der Waals surface area contributed by atoms with Crippen molar-refractivity contribution < 1.29 is 24.2 Å². The highest BCUT2D eigenvalue weighted by molar-refractivity contribution is 6.15. The summed E-state index contributed by atoms with van der Waals surface area (Å²) in [5.74, 6) is -3.27. The van der Waals surface area contributed by atoms with Gasteiger partial charge in [-0.15, -0.1) is 0 Å². The number of nitrogens with zero attached hydrogens (tertiary/aromatic N) is 2. The van der Waals surface area contributed by atoms with E-state index in [-0.39, 0.29) is 11.1 Å². The number of carbonyl (C=O) groups excluding carboxylic acids is 2. The smallest absolute Gasteiger partial charge is 0.348 e. The SMILES string of the molecule is CCCC1(C)OC(=O)C(=C/C=C/C=C/c2c(O)n(C)c(=O)n(C)c2=O)C(=O)O1. The lowest BCUT2D eigenvalue weighted by Crippen LogP contribution is -2.44. The van der Waals surface area contributed by atoms with Gasteiger partial charge in [-0.2, -0.15) is 0 Å². The summed E-state index contributed by atoms with van der Waals surface area (Å²) >= 11 is 0. The first-order chi connectivity index (χ1) is 13.1. The molecule has 1 aliphatic rings. The summed E-state index contributed by atoms with van der Waals surface area (Å²) in [6.07, 6.45) is 7.87. The van der Waals surface area contributed by atoms with Gasteiger partial charge in [0.25, 0.3) is 11.3 Å². The van der Waals surface area contributed by atoms with Crippen LogP contribution in [0.15, 0.2) is 39.5 Å². The molecule has 9 heteroatoms. The Kier molecular flexibility index (Phi) is 6.07. The predicted octanol–water partition coefficient (Wildman–Crippen LogP) is 0.902. The first kappa shape index (κ1) is 20.9. The van der Waals surface area contributed by atoms with Crippen molar-refractivity contribution >= 4 is 18.0 Å². The number of hydrogen-bond acceptors (Lipinski definition) is 7. The van der Waals surface area contributed by atoms with Crippen molar-refractivity contribution in [1.29, 1.82) is 0 Å². The van der Waals surface area contributed by atoms with Crippen LogP contribution in [0.4, 0.5) is 0 Å². The lowest BCUT2D eigenvalue weighted by molar-refractivity contribution is -0.230. The van der Waals surface area contributed by atoms with E-state index in [1.54, 1.807) is 0 Å². The van der Waals surface area contributed by atoms with Crippen molar-refractivity contribution in [3.05, 3.63) is 56.3 Å². The molecule has 1 aliphatic heterocycles. The number of rotatable bonds is 5. The third kappa shape index (κ3) is 4.13. The average molecular weight is 390 g/mol. The molecule has 28 heavy (non-hydrogen) atoms. The number of ether oxygens (including phenoxy) is 2. The molecule has 9 nitrogen and oxygen atoms in total. The maximum atomic E-state index is 12.1. The largest absolute Gasteiger partial charge is 0.494 e. The van der Waals surface area contributed by atoms with E-state index in [0.717, 1.165) is 9.13 Å². The van der Waals surface area contributed by atoms with Crippen LogP contribution in [0.1, 0.15) is 32.3 Å². The maximum absolute atomic E-state index is 12.1. The summed E-state index contributed by atoms with van der Waals surface area (Å²) in [4.78, 5) is 47.8. The Labute approximate surface area is 160 Å². The average Bonchev–Trinajstić information content (AvgIpc) is 2.62. The highest BCUT2D eigenvalue weighted by Crippen LogP contribution is 2.27. The number of esters is 2. The number of cyclic esters (lactones) is 2. The molecule has 0 spiro atoms. The fraction of sp³-hybridized carbons (Fsp3) is 0.368. The van der Waals surface area contributed by atoms with E-state index >= 15 is 0 Å². The summed E-state index contributed by atoms with van der Waals surface area (Å²) < 4.78 is 12.2. The molecule has 0 amide bonds. The first-order valence-electron chi connectivity index (χ1n) is 8.62. The summed E-state index contributed by atoms with van der Waals surface area (Å²) in [6.45, 7) is 3.41. The van der Waals surface area contributed by atoms with Gasteiger partial charge in [-0.05, 0) is 18.6 Å². The number of hydrogen-bond donors (Lipinski definition) is 1. The van der Waals surface area contributed by atoms with Gasteiger partial charge in [-0.25, -0.2) is 14.4 Å². The molecule has 0 aliphatic carbocycles.